The molecule has 0 aliphatic rings. The molecule has 2 aromatic heterocycles. The summed E-state index contributed by atoms with van der Waals surface area (Å²) in [4.78, 5) is 12.0. The number of benzene rings is 1. The van der Waals surface area contributed by atoms with E-state index in [1.54, 1.807) is 18.5 Å². The number of aromatic nitrogens is 2. The first-order valence-electron chi connectivity index (χ1n) is 8.88. The van der Waals surface area contributed by atoms with Crippen molar-refractivity contribution >= 4 is 11.6 Å². The summed E-state index contributed by atoms with van der Waals surface area (Å²) < 4.78 is 14.4. The predicted molar refractivity (Wildman–Crippen MR) is 109 cm³/mol. The van der Waals surface area contributed by atoms with Crippen LogP contribution in [0.4, 0.5) is 4.39 Å². The molecule has 1 N–H and O–H groups in total. The molecule has 0 fully saturated rings. The minimum absolute atomic E-state index is 0.355. The van der Waals surface area contributed by atoms with Gasteiger partial charge < -0.3 is 4.98 Å². The molecule has 1 aromatic carbocycles. The molecule has 5 heteroatoms. The van der Waals surface area contributed by atoms with E-state index in [0.717, 1.165) is 35.0 Å². The van der Waals surface area contributed by atoms with Gasteiger partial charge in [0.15, 0.2) is 0 Å². The quantitative estimate of drug-likeness (QED) is 0.573. The molecule has 138 valence electrons. The highest BCUT2D eigenvalue weighted by molar-refractivity contribution is 6.30. The molecule has 0 atom stereocenters. The van der Waals surface area contributed by atoms with Crippen LogP contribution in [-0.2, 0) is 0 Å². The van der Waals surface area contributed by atoms with Gasteiger partial charge in [-0.25, -0.2) is 9.38 Å². The van der Waals surface area contributed by atoms with Crippen LogP contribution in [0.2, 0.25) is 5.02 Å². The van der Waals surface area contributed by atoms with Crippen molar-refractivity contribution in [1.29, 1.82) is 0 Å². The monoisotopic (exact) mass is 381 g/mol. The maximum Gasteiger partial charge on any atom is 0.132 e. The van der Waals surface area contributed by atoms with Gasteiger partial charge in [0.2, 0.25) is 0 Å². The van der Waals surface area contributed by atoms with Crippen LogP contribution in [0.5, 0.6) is 0 Å². The number of nitrogens with zero attached hydrogens (tertiary/aromatic N) is 2. The number of aryl methyl sites for hydroxylation is 1. The molecule has 0 amide bonds. The van der Waals surface area contributed by atoms with E-state index in [0.29, 0.717) is 16.3 Å². The number of rotatable bonds is 5. The van der Waals surface area contributed by atoms with Crippen molar-refractivity contribution in [2.24, 2.45) is 4.99 Å². The highest BCUT2D eigenvalue weighted by Crippen LogP contribution is 2.33. The van der Waals surface area contributed by atoms with E-state index in [2.05, 4.69) is 21.9 Å². The zero-order chi connectivity index (χ0) is 19.2. The molecule has 0 unspecified atom stereocenters. The van der Waals surface area contributed by atoms with Crippen molar-refractivity contribution in [2.45, 2.75) is 26.7 Å². The normalized spacial score (nSPS) is 12.1. The van der Waals surface area contributed by atoms with Crippen LogP contribution in [0.25, 0.3) is 22.4 Å². The van der Waals surface area contributed by atoms with Gasteiger partial charge in [-0.3, -0.25) is 4.98 Å². The van der Waals surface area contributed by atoms with Crippen LogP contribution >= 0.6 is 11.6 Å². The molecule has 3 nitrogen and oxygen atoms in total. The van der Waals surface area contributed by atoms with Crippen LogP contribution in [-0.4, -0.2) is 9.97 Å². The first-order chi connectivity index (χ1) is 13.1. The maximum absolute atomic E-state index is 14.4. The van der Waals surface area contributed by atoms with Crippen molar-refractivity contribution < 1.29 is 4.39 Å². The Morgan fingerprint density at radius 2 is 2.04 bits per heavy atom. The Balaban J connectivity index is 2.12. The molecule has 0 aliphatic carbocycles. The maximum atomic E-state index is 14.4. The van der Waals surface area contributed by atoms with Gasteiger partial charge in [-0.05, 0) is 60.9 Å². The number of hydrogen-bond acceptors (Lipinski definition) is 2. The van der Waals surface area contributed by atoms with E-state index in [1.165, 1.54) is 12.1 Å². The third-order valence-electron chi connectivity index (χ3n) is 4.08. The van der Waals surface area contributed by atoms with E-state index in [4.69, 9.17) is 11.6 Å². The summed E-state index contributed by atoms with van der Waals surface area (Å²) in [6, 6.07) is 10.4. The molecule has 0 spiro atoms. The highest BCUT2D eigenvalue weighted by atomic mass is 35.5. The minimum Gasteiger partial charge on any atom is -0.347 e. The average molecular weight is 382 g/mol. The number of H-pyrrole nitrogens is 1. The fourth-order valence-corrected chi connectivity index (χ4v) is 2.93. The zero-order valence-electron chi connectivity index (χ0n) is 15.3. The molecule has 27 heavy (non-hydrogen) atoms. The third kappa shape index (κ3) is 4.72. The van der Waals surface area contributed by atoms with Crippen molar-refractivity contribution in [3.8, 4) is 22.4 Å². The summed E-state index contributed by atoms with van der Waals surface area (Å²) in [5, 5.41) is 0.470. The van der Waals surface area contributed by atoms with E-state index >= 15 is 0 Å². The van der Waals surface area contributed by atoms with Crippen LogP contribution < -0.4 is 5.49 Å². The van der Waals surface area contributed by atoms with E-state index in [-0.39, 0.29) is 5.82 Å². The zero-order valence-corrected chi connectivity index (χ0v) is 16.1. The Bertz CT molecular complexity index is 1040. The van der Waals surface area contributed by atoms with E-state index in [1.807, 2.05) is 37.4 Å². The topological polar surface area (TPSA) is 41.0 Å². The van der Waals surface area contributed by atoms with Crippen molar-refractivity contribution in [3.05, 3.63) is 83.0 Å². The average Bonchev–Trinajstić information content (AvgIpc) is 2.67. The summed E-state index contributed by atoms with van der Waals surface area (Å²) in [6.07, 6.45) is 9.45. The van der Waals surface area contributed by atoms with E-state index < -0.39 is 0 Å². The minimum atomic E-state index is -0.355. The lowest BCUT2D eigenvalue weighted by atomic mass is 9.98. The first-order valence-corrected chi connectivity index (χ1v) is 9.26. The summed E-state index contributed by atoms with van der Waals surface area (Å²) in [5.74, 6) is -0.355. The number of unbranched alkanes of at least 4 members (excludes halogenated alkanes) is 1. The molecule has 0 radical (unpaired) electrons. The van der Waals surface area contributed by atoms with Gasteiger partial charge in [-0.1, -0.05) is 31.0 Å². The number of halogens is 2. The SMILES string of the molecule is CCC/C=C/N=c1/cc(-c2cc(C)cnc2-c2cc(Cl)ccc2F)cc[nH]1. The standard InChI is InChI=1S/C22H21ClFN3/c1-3-4-5-9-25-21-12-16(8-10-26-21)18-11-15(2)14-27-22(18)19-13-17(23)6-7-20(19)24/h5-14H,3-4H2,1-2H3,(H,25,26)/b9-5+. The van der Waals surface area contributed by atoms with Crippen LogP contribution in [0.15, 0.2) is 66.1 Å². The van der Waals surface area contributed by atoms with Crippen molar-refractivity contribution in [2.75, 3.05) is 0 Å². The lowest BCUT2D eigenvalue weighted by Gasteiger charge is -2.11. The van der Waals surface area contributed by atoms with Crippen molar-refractivity contribution in [1.82, 2.24) is 9.97 Å². The number of aromatic amines is 1. The van der Waals surface area contributed by atoms with Crippen LogP contribution in [0.1, 0.15) is 25.3 Å². The second kappa shape index (κ2) is 8.78. The fraction of sp³-hybridized carbons (Fsp3) is 0.182. The summed E-state index contributed by atoms with van der Waals surface area (Å²) in [6.45, 7) is 4.08. The molecule has 2 heterocycles. The summed E-state index contributed by atoms with van der Waals surface area (Å²) in [7, 11) is 0. The molecule has 3 rings (SSSR count). The Kier molecular flexibility index (Phi) is 6.20. The Labute approximate surface area is 163 Å². The number of nitrogens with one attached hydrogen (secondary N) is 1. The van der Waals surface area contributed by atoms with Gasteiger partial charge in [0, 0.05) is 34.7 Å². The van der Waals surface area contributed by atoms with Gasteiger partial charge in [-0.2, -0.15) is 0 Å². The molecule has 0 bridgehead atoms. The molecule has 0 saturated carbocycles. The second-order valence-electron chi connectivity index (χ2n) is 6.30. The van der Waals surface area contributed by atoms with Gasteiger partial charge in [0.05, 0.1) is 5.69 Å². The smallest absolute Gasteiger partial charge is 0.132 e. The summed E-state index contributed by atoms with van der Waals surface area (Å²) in [5.41, 5.74) is 4.39. The Morgan fingerprint density at radius 1 is 1.19 bits per heavy atom. The lowest BCUT2D eigenvalue weighted by molar-refractivity contribution is 0.631. The Hall–Kier alpha value is -2.72. The molecule has 3 aromatic rings. The molecular weight excluding hydrogens is 361 g/mol. The summed E-state index contributed by atoms with van der Waals surface area (Å²) >= 11 is 6.08. The van der Waals surface area contributed by atoms with Gasteiger partial charge >= 0.3 is 0 Å². The fourth-order valence-electron chi connectivity index (χ4n) is 2.75. The van der Waals surface area contributed by atoms with Gasteiger partial charge in [0.25, 0.3) is 0 Å². The molecule has 0 saturated heterocycles. The predicted octanol–water partition coefficient (Wildman–Crippen LogP) is 6.06. The number of pyridine rings is 2. The lowest BCUT2D eigenvalue weighted by Crippen LogP contribution is -2.05. The number of hydrogen-bond donors (Lipinski definition) is 1. The van der Waals surface area contributed by atoms with Crippen molar-refractivity contribution in [3.63, 3.8) is 0 Å². The first kappa shape index (κ1) is 19.1. The van der Waals surface area contributed by atoms with Gasteiger partial charge in [0.1, 0.15) is 11.3 Å². The second-order valence-corrected chi connectivity index (χ2v) is 6.73. The number of allylic oxidation sites excluding steroid dienone is 1. The largest absolute Gasteiger partial charge is 0.347 e. The molecule has 0 aliphatic heterocycles. The molecular formula is C22H21ClFN3. The highest BCUT2D eigenvalue weighted by Gasteiger charge is 2.14. The van der Waals surface area contributed by atoms with Crippen LogP contribution in [0, 0.1) is 12.7 Å². The van der Waals surface area contributed by atoms with Gasteiger partial charge in [-0.15, -0.1) is 0 Å². The Morgan fingerprint density at radius 3 is 2.85 bits per heavy atom. The third-order valence-corrected chi connectivity index (χ3v) is 4.31. The van der Waals surface area contributed by atoms with Crippen LogP contribution in [0.3, 0.4) is 0 Å². The van der Waals surface area contributed by atoms with E-state index in [9.17, 15) is 4.39 Å².